The first kappa shape index (κ1) is 9.49. The molecule has 0 aliphatic heterocycles. The lowest BCUT2D eigenvalue weighted by molar-refractivity contribution is 0.972. The molecule has 1 N–H and O–H groups in total. The van der Waals surface area contributed by atoms with Crippen molar-refractivity contribution < 1.29 is 0 Å². The monoisotopic (exact) mass is 227 g/mol. The number of hydrogen-bond donors (Lipinski definition) is 1. The number of aromatic nitrogens is 3. The van der Waals surface area contributed by atoms with E-state index in [1.54, 1.807) is 0 Å². The molecular weight excluding hydrogens is 221 g/mol. The van der Waals surface area contributed by atoms with E-state index in [4.69, 9.17) is 23.2 Å². The molecule has 0 saturated carbocycles. The second-order valence-electron chi connectivity index (χ2n) is 2.86. The van der Waals surface area contributed by atoms with Gasteiger partial charge in [0.2, 0.25) is 5.28 Å². The van der Waals surface area contributed by atoms with Crippen molar-refractivity contribution in [3.63, 3.8) is 0 Å². The van der Waals surface area contributed by atoms with E-state index in [1.807, 2.05) is 24.3 Å². The molecule has 14 heavy (non-hydrogen) atoms. The van der Waals surface area contributed by atoms with Gasteiger partial charge < -0.3 is 0 Å². The van der Waals surface area contributed by atoms with Crippen LogP contribution < -0.4 is 0 Å². The average Bonchev–Trinajstić information content (AvgIpc) is 2.51. The maximum Gasteiger partial charge on any atom is 0.242 e. The number of nitrogens with zero attached hydrogens (tertiary/aromatic N) is 2. The zero-order chi connectivity index (χ0) is 9.97. The van der Waals surface area contributed by atoms with Gasteiger partial charge in [0.15, 0.2) is 0 Å². The third-order valence-electron chi connectivity index (χ3n) is 1.77. The van der Waals surface area contributed by atoms with Crippen LogP contribution in [0.25, 0.3) is 0 Å². The van der Waals surface area contributed by atoms with Gasteiger partial charge in [-0.05, 0) is 29.3 Å². The molecule has 1 aromatic carbocycles. The van der Waals surface area contributed by atoms with Crippen LogP contribution in [0.3, 0.4) is 0 Å². The average molecular weight is 228 g/mol. The summed E-state index contributed by atoms with van der Waals surface area (Å²) in [6.45, 7) is 0. The van der Waals surface area contributed by atoms with Crippen molar-refractivity contribution in [3.8, 4) is 0 Å². The van der Waals surface area contributed by atoms with Gasteiger partial charge in [-0.1, -0.05) is 23.7 Å². The van der Waals surface area contributed by atoms with Crippen LogP contribution >= 0.6 is 23.2 Å². The van der Waals surface area contributed by atoms with E-state index in [2.05, 4.69) is 15.2 Å². The lowest BCUT2D eigenvalue weighted by Gasteiger charge is -1.97. The largest absolute Gasteiger partial charge is 0.261 e. The van der Waals surface area contributed by atoms with Crippen LogP contribution in [-0.4, -0.2) is 15.2 Å². The van der Waals surface area contributed by atoms with Crippen LogP contribution in [0.5, 0.6) is 0 Å². The summed E-state index contributed by atoms with van der Waals surface area (Å²) in [6, 6.07) is 7.59. The normalized spacial score (nSPS) is 10.4. The molecule has 0 aliphatic carbocycles. The van der Waals surface area contributed by atoms with Crippen LogP contribution in [0, 0.1) is 0 Å². The summed E-state index contributed by atoms with van der Waals surface area (Å²) in [5.41, 5.74) is 1.07. The summed E-state index contributed by atoms with van der Waals surface area (Å²) < 4.78 is 0. The number of hydrogen-bond acceptors (Lipinski definition) is 2. The first-order valence-corrected chi connectivity index (χ1v) is 4.81. The van der Waals surface area contributed by atoms with Gasteiger partial charge in [-0.3, -0.25) is 5.10 Å². The van der Waals surface area contributed by atoms with Gasteiger partial charge in [0.25, 0.3) is 0 Å². The number of benzene rings is 1. The quantitative estimate of drug-likeness (QED) is 0.858. The second-order valence-corrected chi connectivity index (χ2v) is 3.63. The van der Waals surface area contributed by atoms with E-state index in [-0.39, 0.29) is 5.28 Å². The van der Waals surface area contributed by atoms with Crippen LogP contribution in [0.4, 0.5) is 0 Å². The summed E-state index contributed by atoms with van der Waals surface area (Å²) in [6.07, 6.45) is 0.653. The maximum atomic E-state index is 5.84. The first-order valence-electron chi connectivity index (χ1n) is 4.05. The maximum absolute atomic E-state index is 5.84. The molecule has 0 fully saturated rings. The topological polar surface area (TPSA) is 41.6 Å². The molecule has 3 nitrogen and oxygen atoms in total. The van der Waals surface area contributed by atoms with Crippen molar-refractivity contribution in [2.45, 2.75) is 6.42 Å². The summed E-state index contributed by atoms with van der Waals surface area (Å²) in [5.74, 6) is 0.734. The molecular formula is C9H7Cl2N3. The van der Waals surface area contributed by atoms with Crippen molar-refractivity contribution in [1.82, 2.24) is 15.2 Å². The van der Waals surface area contributed by atoms with Crippen LogP contribution in [0.1, 0.15) is 11.4 Å². The molecule has 2 rings (SSSR count). The van der Waals surface area contributed by atoms with E-state index < -0.39 is 0 Å². The molecule has 72 valence electrons. The minimum Gasteiger partial charge on any atom is -0.261 e. The highest BCUT2D eigenvalue weighted by atomic mass is 35.5. The Morgan fingerprint density at radius 3 is 2.79 bits per heavy atom. The Morgan fingerprint density at radius 1 is 1.29 bits per heavy atom. The molecule has 0 unspecified atom stereocenters. The number of H-pyrrole nitrogens is 1. The van der Waals surface area contributed by atoms with Crippen LogP contribution in [0.15, 0.2) is 24.3 Å². The van der Waals surface area contributed by atoms with Gasteiger partial charge in [-0.2, -0.15) is 0 Å². The van der Waals surface area contributed by atoms with Crippen molar-refractivity contribution in [1.29, 1.82) is 0 Å². The minimum atomic E-state index is 0.238. The second kappa shape index (κ2) is 3.98. The highest BCUT2D eigenvalue weighted by Crippen LogP contribution is 2.13. The Kier molecular flexibility index (Phi) is 2.70. The number of halogens is 2. The van der Waals surface area contributed by atoms with Gasteiger partial charge in [0, 0.05) is 11.4 Å². The summed E-state index contributed by atoms with van der Waals surface area (Å²) >= 11 is 11.4. The minimum absolute atomic E-state index is 0.238. The predicted molar refractivity (Wildman–Crippen MR) is 55.7 cm³/mol. The highest BCUT2D eigenvalue weighted by Gasteiger charge is 2.01. The van der Waals surface area contributed by atoms with Crippen molar-refractivity contribution in [3.05, 3.63) is 46.0 Å². The van der Waals surface area contributed by atoms with Gasteiger partial charge in [0.1, 0.15) is 5.82 Å². The molecule has 0 spiro atoms. The SMILES string of the molecule is Clc1cccc(Cc2nc(Cl)n[nH]2)c1. The Morgan fingerprint density at radius 2 is 2.14 bits per heavy atom. The van der Waals surface area contributed by atoms with E-state index in [1.165, 1.54) is 0 Å². The smallest absolute Gasteiger partial charge is 0.242 e. The van der Waals surface area contributed by atoms with Gasteiger partial charge in [-0.25, -0.2) is 4.98 Å². The standard InChI is InChI=1S/C9H7Cl2N3/c10-7-3-1-2-6(4-7)5-8-12-9(11)14-13-8/h1-4H,5H2,(H,12,13,14). The fourth-order valence-corrected chi connectivity index (χ4v) is 1.55. The van der Waals surface area contributed by atoms with Gasteiger partial charge in [0.05, 0.1) is 0 Å². The van der Waals surface area contributed by atoms with E-state index in [0.29, 0.717) is 11.4 Å². The van der Waals surface area contributed by atoms with E-state index >= 15 is 0 Å². The summed E-state index contributed by atoms with van der Waals surface area (Å²) in [4.78, 5) is 3.99. The summed E-state index contributed by atoms with van der Waals surface area (Å²) in [5, 5.41) is 7.42. The Balaban J connectivity index is 2.18. The third-order valence-corrected chi connectivity index (χ3v) is 2.17. The molecule has 0 saturated heterocycles. The predicted octanol–water partition coefficient (Wildman–Crippen LogP) is 2.70. The zero-order valence-electron chi connectivity index (χ0n) is 7.17. The molecule has 1 heterocycles. The lowest BCUT2D eigenvalue weighted by Crippen LogP contribution is -1.90. The molecule has 5 heteroatoms. The highest BCUT2D eigenvalue weighted by molar-refractivity contribution is 6.30. The number of aromatic amines is 1. The Labute approximate surface area is 91.1 Å². The number of nitrogens with one attached hydrogen (secondary N) is 1. The molecule has 0 bridgehead atoms. The zero-order valence-corrected chi connectivity index (χ0v) is 8.68. The summed E-state index contributed by atoms with van der Waals surface area (Å²) in [7, 11) is 0. The van der Waals surface area contributed by atoms with Crippen LogP contribution in [0.2, 0.25) is 10.3 Å². The molecule has 1 aromatic heterocycles. The third kappa shape index (κ3) is 2.25. The number of rotatable bonds is 2. The molecule has 0 aliphatic rings. The van der Waals surface area contributed by atoms with Crippen LogP contribution in [-0.2, 0) is 6.42 Å². The van der Waals surface area contributed by atoms with Crippen molar-refractivity contribution in [2.24, 2.45) is 0 Å². The first-order chi connectivity index (χ1) is 6.74. The van der Waals surface area contributed by atoms with E-state index in [9.17, 15) is 0 Å². The molecule has 0 amide bonds. The fraction of sp³-hybridized carbons (Fsp3) is 0.111. The molecule has 0 radical (unpaired) electrons. The van der Waals surface area contributed by atoms with E-state index in [0.717, 1.165) is 11.4 Å². The van der Waals surface area contributed by atoms with Gasteiger partial charge >= 0.3 is 0 Å². The van der Waals surface area contributed by atoms with Gasteiger partial charge in [-0.15, -0.1) is 5.10 Å². The molecule has 0 atom stereocenters. The fourth-order valence-electron chi connectivity index (χ4n) is 1.19. The molecule has 2 aromatic rings. The van der Waals surface area contributed by atoms with Crippen molar-refractivity contribution in [2.75, 3.05) is 0 Å². The Bertz CT molecular complexity index is 439. The lowest BCUT2D eigenvalue weighted by atomic mass is 10.1. The Hall–Kier alpha value is -1.06. The van der Waals surface area contributed by atoms with Crippen molar-refractivity contribution >= 4 is 23.2 Å².